The number of hydrazone groups is 1. The van der Waals surface area contributed by atoms with Crippen molar-refractivity contribution in [3.05, 3.63) is 28.2 Å². The van der Waals surface area contributed by atoms with Crippen molar-refractivity contribution in [3.8, 4) is 0 Å². The molecule has 0 bridgehead atoms. The molecule has 132 valence electrons. The van der Waals surface area contributed by atoms with Gasteiger partial charge in [0.1, 0.15) is 0 Å². The van der Waals surface area contributed by atoms with Gasteiger partial charge in [-0.05, 0) is 36.4 Å². The summed E-state index contributed by atoms with van der Waals surface area (Å²) in [6.07, 6.45) is 0.779. The van der Waals surface area contributed by atoms with E-state index in [9.17, 15) is 14.4 Å². The Labute approximate surface area is 157 Å². The second-order valence-electron chi connectivity index (χ2n) is 5.78. The van der Waals surface area contributed by atoms with Crippen molar-refractivity contribution >= 4 is 56.3 Å². The first kappa shape index (κ1) is 17.9. The van der Waals surface area contributed by atoms with Crippen LogP contribution in [-0.2, 0) is 19.3 Å². The summed E-state index contributed by atoms with van der Waals surface area (Å²) in [4.78, 5) is 37.4. The number of nitrogens with zero attached hydrogens (tertiary/aromatic N) is 3. The Morgan fingerprint density at radius 1 is 1.36 bits per heavy atom. The number of carbonyl (C=O) groups excluding carboxylic acids is 3. The topological polar surface area (TPSA) is 82.1 Å². The van der Waals surface area contributed by atoms with E-state index in [2.05, 4.69) is 26.3 Å². The number of hydrogen-bond acceptors (Lipinski definition) is 5. The highest BCUT2D eigenvalue weighted by Gasteiger charge is 2.61. The molecule has 25 heavy (non-hydrogen) atoms. The fourth-order valence-corrected chi connectivity index (χ4v) is 4.71. The predicted octanol–water partition coefficient (Wildman–Crippen LogP) is 2.36. The number of anilines is 1. The molecule has 0 unspecified atom stereocenters. The second-order valence-corrected chi connectivity index (χ2v) is 7.88. The van der Waals surface area contributed by atoms with E-state index in [0.29, 0.717) is 12.1 Å². The van der Waals surface area contributed by atoms with Gasteiger partial charge >= 0.3 is 0 Å². The number of thioether (sulfide) groups is 1. The molecule has 3 amide bonds. The van der Waals surface area contributed by atoms with Crippen LogP contribution in [0.15, 0.2) is 27.8 Å². The van der Waals surface area contributed by atoms with Gasteiger partial charge in [0.15, 0.2) is 5.17 Å². The highest BCUT2D eigenvalue weighted by Crippen LogP contribution is 2.54. The van der Waals surface area contributed by atoms with Gasteiger partial charge in [-0.25, -0.2) is 0 Å². The monoisotopic (exact) mass is 424 g/mol. The van der Waals surface area contributed by atoms with Crippen molar-refractivity contribution in [1.29, 1.82) is 0 Å². The van der Waals surface area contributed by atoms with Crippen molar-refractivity contribution in [2.24, 2.45) is 5.10 Å². The summed E-state index contributed by atoms with van der Waals surface area (Å²) in [6.45, 7) is 5.24. The van der Waals surface area contributed by atoms with Crippen LogP contribution in [-0.4, -0.2) is 34.4 Å². The summed E-state index contributed by atoms with van der Waals surface area (Å²) in [5.41, 5.74) is 1.44. The van der Waals surface area contributed by atoms with Crippen molar-refractivity contribution in [3.63, 3.8) is 0 Å². The van der Waals surface area contributed by atoms with Crippen LogP contribution in [0.2, 0.25) is 0 Å². The summed E-state index contributed by atoms with van der Waals surface area (Å²) in [5.74, 6) is -0.908. The Bertz CT molecular complexity index is 813. The SMILES string of the molecule is CCCN1C(=O)[C@@]2(SC(NC(C)=O)=NN2C(C)=O)c2cc(Br)ccc21. The largest absolute Gasteiger partial charge is 0.309 e. The van der Waals surface area contributed by atoms with E-state index in [1.807, 2.05) is 25.1 Å². The highest BCUT2D eigenvalue weighted by molar-refractivity contribution is 9.10. The fraction of sp³-hybridized carbons (Fsp3) is 0.375. The van der Waals surface area contributed by atoms with Gasteiger partial charge in [-0.15, -0.1) is 5.10 Å². The number of benzene rings is 1. The first-order chi connectivity index (χ1) is 11.8. The molecule has 7 nitrogen and oxygen atoms in total. The number of hydrogen-bond donors (Lipinski definition) is 1. The number of halogens is 1. The molecule has 1 atom stereocenters. The van der Waals surface area contributed by atoms with Gasteiger partial charge in [0.2, 0.25) is 16.7 Å². The third-order valence-electron chi connectivity index (χ3n) is 3.91. The van der Waals surface area contributed by atoms with Gasteiger partial charge < -0.3 is 10.2 Å². The minimum atomic E-state index is -1.32. The van der Waals surface area contributed by atoms with E-state index in [1.165, 1.54) is 18.9 Å². The average Bonchev–Trinajstić information content (AvgIpc) is 3.00. The summed E-state index contributed by atoms with van der Waals surface area (Å²) in [7, 11) is 0. The Hall–Kier alpha value is -1.87. The quantitative estimate of drug-likeness (QED) is 0.789. The zero-order chi connectivity index (χ0) is 18.4. The smallest absolute Gasteiger partial charge is 0.270 e. The molecule has 2 aliphatic heterocycles. The van der Waals surface area contributed by atoms with Gasteiger partial charge in [0.25, 0.3) is 5.91 Å². The lowest BCUT2D eigenvalue weighted by Crippen LogP contribution is -2.48. The van der Waals surface area contributed by atoms with Gasteiger partial charge in [0, 0.05) is 30.4 Å². The molecule has 0 fully saturated rings. The fourth-order valence-electron chi connectivity index (χ4n) is 3.03. The van der Waals surface area contributed by atoms with Crippen molar-refractivity contribution in [2.45, 2.75) is 32.1 Å². The lowest BCUT2D eigenvalue weighted by molar-refractivity contribution is -0.139. The van der Waals surface area contributed by atoms with E-state index < -0.39 is 4.87 Å². The standard InChI is InChI=1S/C16H17BrN4O3S/c1-4-7-20-13-6-5-11(17)8-12(13)16(14(20)24)21(10(3)23)19-15(25-16)18-9(2)22/h5-6,8H,4,7H2,1-3H3,(H,18,19,22)/t16-/m0/s1. The van der Waals surface area contributed by atoms with E-state index in [0.717, 1.165) is 28.3 Å². The summed E-state index contributed by atoms with van der Waals surface area (Å²) in [6, 6.07) is 5.55. The summed E-state index contributed by atoms with van der Waals surface area (Å²) in [5, 5.41) is 8.20. The average molecular weight is 425 g/mol. The number of rotatable bonds is 2. The van der Waals surface area contributed by atoms with Gasteiger partial charge in [-0.2, -0.15) is 5.01 Å². The predicted molar refractivity (Wildman–Crippen MR) is 99.8 cm³/mol. The maximum Gasteiger partial charge on any atom is 0.270 e. The van der Waals surface area contributed by atoms with Crippen LogP contribution in [0.3, 0.4) is 0 Å². The third kappa shape index (κ3) is 2.75. The molecule has 9 heteroatoms. The second kappa shape index (κ2) is 6.45. The van der Waals surface area contributed by atoms with Crippen LogP contribution in [0.1, 0.15) is 32.8 Å². The summed E-state index contributed by atoms with van der Waals surface area (Å²) >= 11 is 4.52. The molecular weight excluding hydrogens is 408 g/mol. The molecule has 1 N–H and O–H groups in total. The maximum absolute atomic E-state index is 13.3. The molecule has 1 spiro atoms. The molecule has 0 saturated heterocycles. The van der Waals surface area contributed by atoms with Crippen LogP contribution < -0.4 is 10.2 Å². The Kier molecular flexibility index (Phi) is 4.63. The van der Waals surface area contributed by atoms with Crippen LogP contribution in [0.25, 0.3) is 0 Å². The van der Waals surface area contributed by atoms with Crippen molar-refractivity contribution in [2.75, 3.05) is 11.4 Å². The van der Waals surface area contributed by atoms with Gasteiger partial charge in [0.05, 0.1) is 5.69 Å². The minimum absolute atomic E-state index is 0.230. The molecule has 2 aliphatic rings. The van der Waals surface area contributed by atoms with Gasteiger partial charge in [-0.1, -0.05) is 22.9 Å². The Morgan fingerprint density at radius 2 is 2.08 bits per heavy atom. The number of carbonyl (C=O) groups is 3. The molecule has 1 aromatic rings. The lowest BCUT2D eigenvalue weighted by atomic mass is 10.1. The molecule has 0 aliphatic carbocycles. The summed E-state index contributed by atoms with van der Waals surface area (Å²) < 4.78 is 0.800. The Morgan fingerprint density at radius 3 is 2.68 bits per heavy atom. The number of amides is 3. The zero-order valence-electron chi connectivity index (χ0n) is 14.0. The van der Waals surface area contributed by atoms with Crippen molar-refractivity contribution < 1.29 is 14.4 Å². The first-order valence-corrected chi connectivity index (χ1v) is 9.40. The Balaban J connectivity index is 2.17. The van der Waals surface area contributed by atoms with Crippen LogP contribution >= 0.6 is 27.7 Å². The number of amidine groups is 1. The molecule has 1 aromatic carbocycles. The lowest BCUT2D eigenvalue weighted by Gasteiger charge is -2.29. The molecule has 2 heterocycles. The van der Waals surface area contributed by atoms with E-state index in [-0.39, 0.29) is 22.9 Å². The number of nitrogens with one attached hydrogen (secondary N) is 1. The normalized spacial score (nSPS) is 21.6. The van der Waals surface area contributed by atoms with Gasteiger partial charge in [-0.3, -0.25) is 14.4 Å². The van der Waals surface area contributed by atoms with E-state index in [4.69, 9.17) is 0 Å². The molecule has 0 radical (unpaired) electrons. The molecule has 0 saturated carbocycles. The molecule has 0 aromatic heterocycles. The first-order valence-electron chi connectivity index (χ1n) is 7.79. The van der Waals surface area contributed by atoms with Crippen LogP contribution in [0, 0.1) is 0 Å². The van der Waals surface area contributed by atoms with Crippen LogP contribution in [0.4, 0.5) is 5.69 Å². The maximum atomic E-state index is 13.3. The third-order valence-corrected chi connectivity index (χ3v) is 5.64. The number of fused-ring (bicyclic) bond motifs is 2. The highest BCUT2D eigenvalue weighted by atomic mass is 79.9. The van der Waals surface area contributed by atoms with Crippen LogP contribution in [0.5, 0.6) is 0 Å². The van der Waals surface area contributed by atoms with E-state index >= 15 is 0 Å². The zero-order valence-corrected chi connectivity index (χ0v) is 16.4. The molecular formula is C16H17BrN4O3S. The van der Waals surface area contributed by atoms with E-state index in [1.54, 1.807) is 4.90 Å². The minimum Gasteiger partial charge on any atom is -0.309 e. The molecule has 3 rings (SSSR count). The van der Waals surface area contributed by atoms with Crippen molar-refractivity contribution in [1.82, 2.24) is 10.3 Å².